The first-order valence-corrected chi connectivity index (χ1v) is 13.4. The summed E-state index contributed by atoms with van der Waals surface area (Å²) in [7, 11) is 0. The number of unbranched alkanes of at least 4 members (excludes halogenated alkanes) is 1. The molecule has 2 aliphatic heterocycles. The summed E-state index contributed by atoms with van der Waals surface area (Å²) in [5.74, 6) is -3.65. The number of benzene rings is 3. The lowest BCUT2D eigenvalue weighted by molar-refractivity contribution is -0.159. The molecular weight excluding hydrogens is 476 g/mol. The minimum absolute atomic E-state index is 0.599. The number of hydrogen-bond acceptors (Lipinski definition) is 3. The number of para-hydroxylation sites is 1. The molecule has 4 aromatic rings. The summed E-state index contributed by atoms with van der Waals surface area (Å²) in [6.07, 6.45) is 7.63. The van der Waals surface area contributed by atoms with Crippen molar-refractivity contribution >= 4 is 22.8 Å². The molecule has 0 amide bonds. The Morgan fingerprint density at radius 1 is 0.763 bits per heavy atom. The fraction of sp³-hybridized carbons (Fsp3) is 0.312. The van der Waals surface area contributed by atoms with Gasteiger partial charge in [-0.15, -0.1) is 0 Å². The van der Waals surface area contributed by atoms with E-state index in [9.17, 15) is 0 Å². The van der Waals surface area contributed by atoms with Gasteiger partial charge in [-0.3, -0.25) is 4.90 Å². The summed E-state index contributed by atoms with van der Waals surface area (Å²) in [6, 6.07) is 32.3. The van der Waals surface area contributed by atoms with Crippen LogP contribution in [-0.4, -0.2) is 44.2 Å². The molecule has 0 radical (unpaired) electrons. The van der Waals surface area contributed by atoms with Crippen LogP contribution in [0.5, 0.6) is 0 Å². The number of carboxylic acids is 2. The smallest absolute Gasteiger partial charge is 0.414 e. The predicted octanol–water partition coefficient (Wildman–Crippen LogP) is 5.93. The molecule has 6 heteroatoms. The Morgan fingerprint density at radius 3 is 2.08 bits per heavy atom. The van der Waals surface area contributed by atoms with Crippen molar-refractivity contribution in [3.63, 3.8) is 0 Å². The second-order valence-electron chi connectivity index (χ2n) is 10.2. The lowest BCUT2D eigenvalue weighted by atomic mass is 9.96. The number of hydrogen-bond donors (Lipinski definition) is 2. The summed E-state index contributed by atoms with van der Waals surface area (Å²) in [6.45, 7) is 2.22. The predicted molar refractivity (Wildman–Crippen MR) is 148 cm³/mol. The highest BCUT2D eigenvalue weighted by Crippen LogP contribution is 2.47. The molecule has 0 spiro atoms. The van der Waals surface area contributed by atoms with Gasteiger partial charge < -0.3 is 14.8 Å². The van der Waals surface area contributed by atoms with Gasteiger partial charge in [0.25, 0.3) is 0 Å². The minimum Gasteiger partial charge on any atom is -0.473 e. The Hall–Kier alpha value is -3.90. The van der Waals surface area contributed by atoms with Crippen LogP contribution >= 0.6 is 0 Å². The van der Waals surface area contributed by atoms with Crippen LogP contribution in [0.25, 0.3) is 10.9 Å². The van der Waals surface area contributed by atoms with Crippen LogP contribution in [0.2, 0.25) is 0 Å². The second-order valence-corrected chi connectivity index (χ2v) is 10.2. The van der Waals surface area contributed by atoms with Crippen LogP contribution in [0.3, 0.4) is 0 Å². The van der Waals surface area contributed by atoms with Crippen molar-refractivity contribution in [3.05, 3.63) is 107 Å². The molecule has 6 rings (SSSR count). The quantitative estimate of drug-likeness (QED) is 0.238. The van der Waals surface area contributed by atoms with E-state index in [-0.39, 0.29) is 0 Å². The topological polar surface area (TPSA) is 82.8 Å². The minimum atomic E-state index is -1.82. The number of carboxylic acid groups (broad SMARTS) is 2. The van der Waals surface area contributed by atoms with Crippen LogP contribution in [0.4, 0.5) is 0 Å². The highest BCUT2D eigenvalue weighted by molar-refractivity contribution is 6.27. The lowest BCUT2D eigenvalue weighted by Crippen LogP contribution is -2.38. The summed E-state index contributed by atoms with van der Waals surface area (Å²) in [5.41, 5.74) is 7.52. The van der Waals surface area contributed by atoms with E-state index >= 15 is 0 Å². The molecule has 2 unspecified atom stereocenters. The van der Waals surface area contributed by atoms with Gasteiger partial charge in [-0.1, -0.05) is 78.9 Å². The first-order valence-electron chi connectivity index (χ1n) is 13.4. The molecule has 3 heterocycles. The van der Waals surface area contributed by atoms with Gasteiger partial charge in [0.15, 0.2) is 0 Å². The average molecular weight is 511 g/mol. The van der Waals surface area contributed by atoms with E-state index in [1.165, 1.54) is 67.1 Å². The van der Waals surface area contributed by atoms with Crippen LogP contribution in [0.15, 0.2) is 84.9 Å². The third kappa shape index (κ3) is 5.50. The Kier molecular flexibility index (Phi) is 7.89. The van der Waals surface area contributed by atoms with Gasteiger partial charge in [0.1, 0.15) is 0 Å². The van der Waals surface area contributed by atoms with Crippen molar-refractivity contribution < 1.29 is 19.8 Å². The number of rotatable bonds is 7. The van der Waals surface area contributed by atoms with E-state index < -0.39 is 11.9 Å². The Bertz CT molecular complexity index is 1390. The molecule has 1 fully saturated rings. The first kappa shape index (κ1) is 25.7. The van der Waals surface area contributed by atoms with Crippen LogP contribution in [0.1, 0.15) is 54.1 Å². The highest BCUT2D eigenvalue weighted by Gasteiger charge is 2.42. The number of carbonyl (C=O) groups is 2. The molecular formula is C32H34N2O4. The van der Waals surface area contributed by atoms with Gasteiger partial charge in [0.2, 0.25) is 0 Å². The fourth-order valence-electron chi connectivity index (χ4n) is 6.22. The molecule has 6 nitrogen and oxygen atoms in total. The highest BCUT2D eigenvalue weighted by atomic mass is 16.4. The maximum atomic E-state index is 9.10. The van der Waals surface area contributed by atoms with Crippen molar-refractivity contribution in [3.8, 4) is 0 Å². The van der Waals surface area contributed by atoms with E-state index in [2.05, 4.69) is 94.4 Å². The van der Waals surface area contributed by atoms with Crippen LogP contribution in [0, 0.1) is 0 Å². The largest absolute Gasteiger partial charge is 0.473 e. The third-order valence-corrected chi connectivity index (χ3v) is 7.87. The van der Waals surface area contributed by atoms with Crippen molar-refractivity contribution in [1.29, 1.82) is 0 Å². The average Bonchev–Trinajstić information content (AvgIpc) is 3.39. The molecule has 1 saturated heterocycles. The molecule has 3 aromatic carbocycles. The zero-order valence-corrected chi connectivity index (χ0v) is 21.5. The van der Waals surface area contributed by atoms with Crippen molar-refractivity contribution in [2.45, 2.75) is 57.2 Å². The zero-order valence-electron chi connectivity index (χ0n) is 21.5. The molecule has 1 aromatic heterocycles. The third-order valence-electron chi connectivity index (χ3n) is 7.87. The first-order chi connectivity index (χ1) is 18.5. The maximum Gasteiger partial charge on any atom is 0.414 e. The molecule has 196 valence electrons. The molecule has 0 aliphatic carbocycles. The van der Waals surface area contributed by atoms with Crippen LogP contribution in [-0.2, 0) is 29.0 Å². The maximum absolute atomic E-state index is 9.10. The van der Waals surface area contributed by atoms with Gasteiger partial charge in [0, 0.05) is 41.6 Å². The van der Waals surface area contributed by atoms with E-state index in [1.807, 2.05) is 0 Å². The summed E-state index contributed by atoms with van der Waals surface area (Å²) >= 11 is 0. The lowest BCUT2D eigenvalue weighted by Gasteiger charge is -2.36. The summed E-state index contributed by atoms with van der Waals surface area (Å²) < 4.78 is 2.62. The standard InChI is InChI=1S/C30H32N2.C2H2O4/c1-3-11-23(12-4-1)13-9-10-20-31-25-18-19-28(31)30-26-16-7-8-17-27(26)32(29(30)21-25)22-24-14-5-2-6-15-24;3-1(4)2(5)6/h1-8,11-12,14-17,25,28H,9-10,13,18-22H2;(H,3,4)(H,5,6). The monoisotopic (exact) mass is 510 g/mol. The number of aliphatic carboxylic acids is 2. The second kappa shape index (κ2) is 11.7. The van der Waals surface area contributed by atoms with E-state index in [0.717, 1.165) is 6.54 Å². The van der Waals surface area contributed by atoms with Crippen LogP contribution < -0.4 is 0 Å². The Morgan fingerprint density at radius 2 is 1.39 bits per heavy atom. The van der Waals surface area contributed by atoms with Crippen molar-refractivity contribution in [1.82, 2.24) is 9.47 Å². The SMILES string of the molecule is O=C(O)C(=O)O.c1ccc(CCCCN2C3CCC2c2c(n(Cc4ccccc4)c4ccccc24)C3)cc1. The molecule has 2 N–H and O–H groups in total. The molecule has 0 saturated carbocycles. The molecule has 2 bridgehead atoms. The molecule has 38 heavy (non-hydrogen) atoms. The van der Waals surface area contributed by atoms with Gasteiger partial charge in [-0.2, -0.15) is 0 Å². The Labute approximate surface area is 223 Å². The zero-order chi connectivity index (χ0) is 26.5. The van der Waals surface area contributed by atoms with E-state index in [1.54, 1.807) is 11.3 Å². The van der Waals surface area contributed by atoms with E-state index in [4.69, 9.17) is 19.8 Å². The summed E-state index contributed by atoms with van der Waals surface area (Å²) in [4.78, 5) is 21.1. The Balaban J connectivity index is 0.000000443. The number of aryl methyl sites for hydroxylation is 1. The van der Waals surface area contributed by atoms with Gasteiger partial charge in [-0.05, 0) is 61.4 Å². The number of fused-ring (bicyclic) bond motifs is 6. The number of nitrogens with zero attached hydrogens (tertiary/aromatic N) is 2. The number of aromatic nitrogens is 1. The van der Waals surface area contributed by atoms with E-state index in [0.29, 0.717) is 12.1 Å². The normalized spacial score (nSPS) is 18.0. The fourth-order valence-corrected chi connectivity index (χ4v) is 6.22. The summed E-state index contributed by atoms with van der Waals surface area (Å²) in [5, 5.41) is 16.3. The molecule has 2 aliphatic rings. The van der Waals surface area contributed by atoms with Gasteiger partial charge in [-0.25, -0.2) is 9.59 Å². The van der Waals surface area contributed by atoms with Crippen molar-refractivity contribution in [2.24, 2.45) is 0 Å². The van der Waals surface area contributed by atoms with Crippen molar-refractivity contribution in [2.75, 3.05) is 6.54 Å². The van der Waals surface area contributed by atoms with Gasteiger partial charge >= 0.3 is 11.9 Å². The van der Waals surface area contributed by atoms with Gasteiger partial charge in [0.05, 0.1) is 0 Å². The molecule has 2 atom stereocenters.